The fourth-order valence-corrected chi connectivity index (χ4v) is 2.67. The van der Waals surface area contributed by atoms with Crippen molar-refractivity contribution in [3.63, 3.8) is 0 Å². The van der Waals surface area contributed by atoms with E-state index in [1.165, 1.54) is 4.57 Å². The van der Waals surface area contributed by atoms with E-state index in [0.717, 1.165) is 11.4 Å². The summed E-state index contributed by atoms with van der Waals surface area (Å²) in [5.41, 5.74) is 2.63. The number of nitrogens with zero attached hydrogens (tertiary/aromatic N) is 5. The monoisotopic (exact) mass is 307 g/mol. The highest BCUT2D eigenvalue weighted by Crippen LogP contribution is 2.18. The normalized spacial score (nSPS) is 10.1. The maximum absolute atomic E-state index is 12.6. The predicted molar refractivity (Wildman–Crippen MR) is 84.8 cm³/mol. The molecule has 6 nitrogen and oxygen atoms in total. The lowest BCUT2D eigenvalue weighted by Crippen LogP contribution is -2.14. The molecule has 0 aliphatic heterocycles. The van der Waals surface area contributed by atoms with Gasteiger partial charge in [-0.15, -0.1) is 6.58 Å². The molecule has 116 valence electrons. The summed E-state index contributed by atoms with van der Waals surface area (Å²) in [6.45, 7) is 9.84. The summed E-state index contributed by atoms with van der Waals surface area (Å²) in [6, 6.07) is 5.67. The molecule has 2 aromatic heterocycles. The summed E-state index contributed by atoms with van der Waals surface area (Å²) in [5, 5.41) is 18.2. The lowest BCUT2D eigenvalue weighted by molar-refractivity contribution is 0.0970. The Bertz CT molecular complexity index is 870. The molecule has 0 N–H and O–H groups in total. The third-order valence-electron chi connectivity index (χ3n) is 3.86. The molecule has 0 radical (unpaired) electrons. The molecule has 2 aromatic rings. The molecule has 6 heteroatoms. The minimum absolute atomic E-state index is 0.0121. The molecule has 0 bridgehead atoms. The van der Waals surface area contributed by atoms with Crippen LogP contribution in [0.25, 0.3) is 0 Å². The summed E-state index contributed by atoms with van der Waals surface area (Å²) < 4.78 is 3.49. The van der Waals surface area contributed by atoms with Crippen LogP contribution in [-0.2, 0) is 13.1 Å². The zero-order valence-corrected chi connectivity index (χ0v) is 13.4. The summed E-state index contributed by atoms with van der Waals surface area (Å²) in [5.74, 6) is 0.362. The third-order valence-corrected chi connectivity index (χ3v) is 3.86. The minimum atomic E-state index is -0.116. The molecule has 23 heavy (non-hydrogen) atoms. The van der Waals surface area contributed by atoms with Crippen LogP contribution in [0.3, 0.4) is 0 Å². The van der Waals surface area contributed by atoms with Crippen molar-refractivity contribution in [2.75, 3.05) is 0 Å². The second-order valence-electron chi connectivity index (χ2n) is 5.27. The topological polar surface area (TPSA) is 87.4 Å². The number of hydrogen-bond acceptors (Lipinski definition) is 4. The fraction of sp³-hybridized carbons (Fsp3) is 0.294. The molecule has 2 heterocycles. The number of Topliss-reactive ketones (excluding diaryl/α,β-unsaturated/α-hetero) is 1. The van der Waals surface area contributed by atoms with E-state index in [9.17, 15) is 10.1 Å². The van der Waals surface area contributed by atoms with E-state index >= 15 is 0 Å². The summed E-state index contributed by atoms with van der Waals surface area (Å²) in [7, 11) is 0. The molecular weight excluding hydrogens is 290 g/mol. The Morgan fingerprint density at radius 3 is 2.57 bits per heavy atom. The molecule has 0 saturated heterocycles. The molecule has 0 aliphatic carbocycles. The van der Waals surface area contributed by atoms with E-state index in [1.807, 2.05) is 36.6 Å². The number of aromatic nitrogens is 3. The second-order valence-corrected chi connectivity index (χ2v) is 5.27. The Morgan fingerprint density at radius 1 is 1.30 bits per heavy atom. The number of allylic oxidation sites excluding steroid dienone is 1. The molecule has 0 saturated carbocycles. The number of rotatable bonds is 5. The van der Waals surface area contributed by atoms with Gasteiger partial charge in [-0.05, 0) is 26.8 Å². The Labute approximate surface area is 134 Å². The van der Waals surface area contributed by atoms with Gasteiger partial charge in [0.1, 0.15) is 18.0 Å². The number of aryl methyl sites for hydroxylation is 2. The van der Waals surface area contributed by atoms with Crippen molar-refractivity contribution in [3.05, 3.63) is 52.9 Å². The Morgan fingerprint density at radius 2 is 2.00 bits per heavy atom. The van der Waals surface area contributed by atoms with Crippen LogP contribution in [0.1, 0.15) is 39.0 Å². The lowest BCUT2D eigenvalue weighted by atomic mass is 10.1. The van der Waals surface area contributed by atoms with Crippen LogP contribution in [0.2, 0.25) is 0 Å². The summed E-state index contributed by atoms with van der Waals surface area (Å²) in [4.78, 5) is 16.7. The van der Waals surface area contributed by atoms with Gasteiger partial charge in [0, 0.05) is 23.5 Å². The van der Waals surface area contributed by atoms with Gasteiger partial charge in [-0.3, -0.25) is 4.79 Å². The molecule has 2 rings (SSSR count). The van der Waals surface area contributed by atoms with Gasteiger partial charge in [0.2, 0.25) is 0 Å². The van der Waals surface area contributed by atoms with Crippen LogP contribution >= 0.6 is 0 Å². The van der Waals surface area contributed by atoms with Gasteiger partial charge >= 0.3 is 0 Å². The zero-order chi connectivity index (χ0) is 17.1. The average Bonchev–Trinajstić information content (AvgIpc) is 2.98. The molecule has 0 fully saturated rings. The molecule has 0 unspecified atom stereocenters. The molecule has 0 aliphatic rings. The Kier molecular flexibility index (Phi) is 4.47. The zero-order valence-electron chi connectivity index (χ0n) is 13.4. The number of carbonyl (C=O) groups is 1. The molecule has 0 atom stereocenters. The van der Waals surface area contributed by atoms with E-state index in [4.69, 9.17) is 5.26 Å². The Balaban J connectivity index is 2.40. The SMILES string of the molecule is C=CCn1c(C)cc(C(=O)Cn2c(C)nc(C#N)c2C#N)c1C. The maximum atomic E-state index is 12.6. The third kappa shape index (κ3) is 2.79. The summed E-state index contributed by atoms with van der Waals surface area (Å²) in [6.07, 6.45) is 1.78. The number of imidazole rings is 1. The van der Waals surface area contributed by atoms with Crippen LogP contribution in [-0.4, -0.2) is 19.9 Å². The van der Waals surface area contributed by atoms with Gasteiger partial charge in [-0.1, -0.05) is 6.08 Å². The van der Waals surface area contributed by atoms with E-state index in [1.54, 1.807) is 13.0 Å². The van der Waals surface area contributed by atoms with Crippen molar-refractivity contribution in [2.24, 2.45) is 0 Å². The fourth-order valence-electron chi connectivity index (χ4n) is 2.67. The van der Waals surface area contributed by atoms with Gasteiger partial charge < -0.3 is 9.13 Å². The molecule has 0 spiro atoms. The van der Waals surface area contributed by atoms with Gasteiger partial charge in [-0.2, -0.15) is 10.5 Å². The van der Waals surface area contributed by atoms with Crippen molar-refractivity contribution in [3.8, 4) is 12.1 Å². The Hall–Kier alpha value is -3.12. The standard InChI is InChI=1S/C17H17N5O/c1-5-6-21-11(2)7-14(12(21)3)17(23)10-22-13(4)20-15(8-18)16(22)9-19/h5,7H,1,6,10H2,2-4H3. The quantitative estimate of drug-likeness (QED) is 0.627. The number of ketones is 1. The van der Waals surface area contributed by atoms with Crippen LogP contribution in [0.15, 0.2) is 18.7 Å². The van der Waals surface area contributed by atoms with E-state index in [2.05, 4.69) is 11.6 Å². The number of nitriles is 2. The van der Waals surface area contributed by atoms with Crippen LogP contribution in [0.5, 0.6) is 0 Å². The van der Waals surface area contributed by atoms with Crippen molar-refractivity contribution >= 4 is 5.78 Å². The van der Waals surface area contributed by atoms with Crippen molar-refractivity contribution in [2.45, 2.75) is 33.9 Å². The lowest BCUT2D eigenvalue weighted by Gasteiger charge is -2.08. The van der Waals surface area contributed by atoms with Crippen molar-refractivity contribution < 1.29 is 4.79 Å². The van der Waals surface area contributed by atoms with Crippen molar-refractivity contribution in [1.82, 2.24) is 14.1 Å². The molecular formula is C17H17N5O. The van der Waals surface area contributed by atoms with Crippen molar-refractivity contribution in [1.29, 1.82) is 10.5 Å². The maximum Gasteiger partial charge on any atom is 0.184 e. The number of hydrogen-bond donors (Lipinski definition) is 0. The minimum Gasteiger partial charge on any atom is -0.345 e. The molecule has 0 amide bonds. The average molecular weight is 307 g/mol. The second kappa shape index (κ2) is 6.33. The highest BCUT2D eigenvalue weighted by atomic mass is 16.1. The first-order chi connectivity index (χ1) is 10.9. The van der Waals surface area contributed by atoms with Gasteiger partial charge in [0.15, 0.2) is 17.2 Å². The highest BCUT2D eigenvalue weighted by molar-refractivity contribution is 5.97. The first-order valence-corrected chi connectivity index (χ1v) is 7.12. The van der Waals surface area contributed by atoms with E-state index < -0.39 is 0 Å². The first kappa shape index (κ1) is 16.3. The highest BCUT2D eigenvalue weighted by Gasteiger charge is 2.20. The van der Waals surface area contributed by atoms with E-state index in [-0.39, 0.29) is 23.7 Å². The molecule has 0 aromatic carbocycles. The largest absolute Gasteiger partial charge is 0.345 e. The smallest absolute Gasteiger partial charge is 0.184 e. The summed E-state index contributed by atoms with van der Waals surface area (Å²) >= 11 is 0. The first-order valence-electron chi connectivity index (χ1n) is 7.12. The van der Waals surface area contributed by atoms with Gasteiger partial charge in [0.05, 0.1) is 6.54 Å². The number of carbonyl (C=O) groups excluding carboxylic acids is 1. The van der Waals surface area contributed by atoms with Gasteiger partial charge in [0.25, 0.3) is 0 Å². The van der Waals surface area contributed by atoms with Crippen LogP contribution < -0.4 is 0 Å². The van der Waals surface area contributed by atoms with Crippen LogP contribution in [0.4, 0.5) is 0 Å². The van der Waals surface area contributed by atoms with E-state index in [0.29, 0.717) is 17.9 Å². The van der Waals surface area contributed by atoms with Crippen LogP contribution in [0, 0.1) is 43.4 Å². The predicted octanol–water partition coefficient (Wildman–Crippen LogP) is 2.42. The van der Waals surface area contributed by atoms with Gasteiger partial charge in [-0.25, -0.2) is 4.98 Å².